The Kier molecular flexibility index (Phi) is 9.47. The number of fused-ring (bicyclic) bond motifs is 1. The Morgan fingerprint density at radius 1 is 1.00 bits per heavy atom. The van der Waals surface area contributed by atoms with Gasteiger partial charge in [-0.3, -0.25) is 9.69 Å². The number of rotatable bonds is 9. The summed E-state index contributed by atoms with van der Waals surface area (Å²) in [6.45, 7) is 5.99. The first-order valence-corrected chi connectivity index (χ1v) is 18.3. The predicted molar refractivity (Wildman–Crippen MR) is 176 cm³/mol. The standard InChI is InChI=1S/C33H44FN7O5S/c1-45-22-23-9-13-39(14-10-23)29-21-28(33(42)37-47(43,44)40-15-11-26(12-16-40)38-17-19-46-20-18-38)35-32-30(29)31(24-3-2-4-24)36-41(32)27-7-5-25(34)6-8-27/h5-8,21,23-24,26H,2-4,9-20,22H2,1H3,(H,37,42). The number of nitrogens with one attached hydrogen (secondary N) is 1. The van der Waals surface area contributed by atoms with Crippen molar-refractivity contribution in [2.24, 2.45) is 5.92 Å². The number of morpholine rings is 1. The molecule has 0 unspecified atom stereocenters. The summed E-state index contributed by atoms with van der Waals surface area (Å²) in [5.41, 5.74) is 2.83. The van der Waals surface area contributed by atoms with Crippen LogP contribution in [-0.4, -0.2) is 111 Å². The lowest BCUT2D eigenvalue weighted by Crippen LogP contribution is -2.52. The van der Waals surface area contributed by atoms with E-state index in [-0.39, 0.29) is 17.4 Å². The third-order valence-electron chi connectivity index (χ3n) is 10.3. The molecule has 7 rings (SSSR count). The fourth-order valence-electron chi connectivity index (χ4n) is 7.42. The number of amides is 1. The Bertz CT molecular complexity index is 1680. The number of carbonyl (C=O) groups is 1. The minimum Gasteiger partial charge on any atom is -0.384 e. The topological polar surface area (TPSA) is 122 Å². The van der Waals surface area contributed by atoms with Crippen LogP contribution >= 0.6 is 0 Å². The first kappa shape index (κ1) is 32.4. The lowest BCUT2D eigenvalue weighted by atomic mass is 9.82. The molecule has 5 heterocycles. The predicted octanol–water partition coefficient (Wildman–Crippen LogP) is 3.46. The van der Waals surface area contributed by atoms with Crippen molar-refractivity contribution in [3.05, 3.63) is 47.5 Å². The van der Waals surface area contributed by atoms with E-state index in [1.54, 1.807) is 30.0 Å². The number of benzene rings is 1. The number of aromatic nitrogens is 3. The third-order valence-corrected chi connectivity index (χ3v) is 11.8. The number of halogens is 1. The fourth-order valence-corrected chi connectivity index (χ4v) is 8.58. The highest BCUT2D eigenvalue weighted by Crippen LogP contribution is 2.43. The minimum atomic E-state index is -4.10. The highest BCUT2D eigenvalue weighted by molar-refractivity contribution is 7.87. The molecule has 4 aliphatic rings. The Hall–Kier alpha value is -3.17. The van der Waals surface area contributed by atoms with Gasteiger partial charge in [-0.2, -0.15) is 17.8 Å². The second kappa shape index (κ2) is 13.7. The molecular formula is C33H44FN7O5S. The monoisotopic (exact) mass is 669 g/mol. The number of pyridine rings is 1. The van der Waals surface area contributed by atoms with Gasteiger partial charge in [-0.1, -0.05) is 6.42 Å². The molecule has 12 nitrogen and oxygen atoms in total. The summed E-state index contributed by atoms with van der Waals surface area (Å²) in [7, 11) is -2.38. The summed E-state index contributed by atoms with van der Waals surface area (Å²) in [5, 5.41) is 5.89. The molecule has 1 aliphatic carbocycles. The zero-order chi connectivity index (χ0) is 32.5. The molecule has 1 amide bonds. The number of ether oxygens (including phenoxy) is 2. The molecule has 4 fully saturated rings. The van der Waals surface area contributed by atoms with Crippen LogP contribution in [0.3, 0.4) is 0 Å². The van der Waals surface area contributed by atoms with Crippen molar-refractivity contribution in [3.8, 4) is 5.69 Å². The number of nitrogens with zero attached hydrogens (tertiary/aromatic N) is 6. The zero-order valence-electron chi connectivity index (χ0n) is 26.9. The quantitative estimate of drug-likeness (QED) is 0.365. The van der Waals surface area contributed by atoms with E-state index in [2.05, 4.69) is 14.5 Å². The summed E-state index contributed by atoms with van der Waals surface area (Å²) in [6.07, 6.45) is 6.38. The normalized spacial score (nSPS) is 21.3. The average molecular weight is 670 g/mol. The van der Waals surface area contributed by atoms with Gasteiger partial charge in [0.25, 0.3) is 5.91 Å². The van der Waals surface area contributed by atoms with Gasteiger partial charge in [-0.05, 0) is 74.8 Å². The molecule has 3 aromatic rings. The molecule has 1 N–H and O–H groups in total. The molecule has 14 heteroatoms. The lowest BCUT2D eigenvalue weighted by molar-refractivity contribution is 0.00604. The molecule has 0 radical (unpaired) electrons. The Morgan fingerprint density at radius 2 is 1.70 bits per heavy atom. The summed E-state index contributed by atoms with van der Waals surface area (Å²) < 4.78 is 57.2. The van der Waals surface area contributed by atoms with Crippen molar-refractivity contribution in [1.82, 2.24) is 28.7 Å². The summed E-state index contributed by atoms with van der Waals surface area (Å²) in [5.74, 6) is -0.445. The maximum Gasteiger partial charge on any atom is 0.304 e. The number of piperidine rings is 2. The van der Waals surface area contributed by atoms with Crippen LogP contribution in [0.15, 0.2) is 30.3 Å². The molecule has 0 bridgehead atoms. The largest absolute Gasteiger partial charge is 0.384 e. The van der Waals surface area contributed by atoms with Crippen LogP contribution in [0.2, 0.25) is 0 Å². The molecule has 3 aliphatic heterocycles. The van der Waals surface area contributed by atoms with Crippen LogP contribution in [0.1, 0.15) is 67.0 Å². The minimum absolute atomic E-state index is 0.00159. The van der Waals surface area contributed by atoms with Gasteiger partial charge < -0.3 is 14.4 Å². The molecule has 1 saturated carbocycles. The first-order chi connectivity index (χ1) is 22.8. The van der Waals surface area contributed by atoms with Gasteiger partial charge in [-0.15, -0.1) is 0 Å². The van der Waals surface area contributed by atoms with Gasteiger partial charge in [-0.25, -0.2) is 18.8 Å². The molecule has 47 heavy (non-hydrogen) atoms. The van der Waals surface area contributed by atoms with E-state index in [4.69, 9.17) is 19.6 Å². The second-order valence-electron chi connectivity index (χ2n) is 13.2. The SMILES string of the molecule is COCC1CCN(c2cc(C(=O)NS(=O)(=O)N3CCC(N4CCOCC4)CC3)nc3c2c(C2CCC2)nn3-c2ccc(F)cc2)CC1. The first-order valence-electron chi connectivity index (χ1n) is 16.9. The van der Waals surface area contributed by atoms with Crippen molar-refractivity contribution in [2.75, 3.05) is 71.1 Å². The van der Waals surface area contributed by atoms with E-state index >= 15 is 0 Å². The highest BCUT2D eigenvalue weighted by atomic mass is 32.2. The van der Waals surface area contributed by atoms with E-state index in [1.165, 1.54) is 16.4 Å². The maximum absolute atomic E-state index is 13.9. The zero-order valence-corrected chi connectivity index (χ0v) is 27.8. The van der Waals surface area contributed by atoms with Gasteiger partial charge in [0.2, 0.25) is 0 Å². The highest BCUT2D eigenvalue weighted by Gasteiger charge is 2.35. The summed E-state index contributed by atoms with van der Waals surface area (Å²) in [6, 6.07) is 8.06. The Balaban J connectivity index is 1.21. The second-order valence-corrected chi connectivity index (χ2v) is 14.9. The average Bonchev–Trinajstić information content (AvgIpc) is 3.43. The van der Waals surface area contributed by atoms with Gasteiger partial charge in [0.15, 0.2) is 5.65 Å². The van der Waals surface area contributed by atoms with Gasteiger partial charge in [0, 0.05) is 64.9 Å². The van der Waals surface area contributed by atoms with Crippen molar-refractivity contribution in [2.45, 2.75) is 56.9 Å². The third kappa shape index (κ3) is 6.75. The van der Waals surface area contributed by atoms with Crippen LogP contribution in [-0.2, 0) is 19.7 Å². The van der Waals surface area contributed by atoms with E-state index in [0.717, 1.165) is 75.1 Å². The molecule has 3 saturated heterocycles. The molecule has 1 aromatic carbocycles. The van der Waals surface area contributed by atoms with Crippen molar-refractivity contribution >= 4 is 32.8 Å². The molecule has 0 spiro atoms. The van der Waals surface area contributed by atoms with E-state index in [0.29, 0.717) is 69.0 Å². The van der Waals surface area contributed by atoms with Crippen LogP contribution in [0.25, 0.3) is 16.7 Å². The van der Waals surface area contributed by atoms with Gasteiger partial charge in [0.05, 0.1) is 35.7 Å². The van der Waals surface area contributed by atoms with E-state index < -0.39 is 16.1 Å². The van der Waals surface area contributed by atoms with Crippen LogP contribution < -0.4 is 9.62 Å². The van der Waals surface area contributed by atoms with Gasteiger partial charge in [0.1, 0.15) is 11.5 Å². The number of hydrogen-bond acceptors (Lipinski definition) is 9. The Morgan fingerprint density at radius 3 is 2.34 bits per heavy atom. The van der Waals surface area contributed by atoms with Crippen LogP contribution in [0, 0.1) is 11.7 Å². The molecule has 2 aromatic heterocycles. The molecular weight excluding hydrogens is 625 g/mol. The maximum atomic E-state index is 13.9. The Labute approximate surface area is 275 Å². The number of hydrogen-bond donors (Lipinski definition) is 1. The van der Waals surface area contributed by atoms with Crippen molar-refractivity contribution in [3.63, 3.8) is 0 Å². The van der Waals surface area contributed by atoms with Crippen LogP contribution in [0.4, 0.5) is 10.1 Å². The molecule has 0 atom stereocenters. The summed E-state index contributed by atoms with van der Waals surface area (Å²) >= 11 is 0. The van der Waals surface area contributed by atoms with Gasteiger partial charge >= 0.3 is 10.2 Å². The number of carbonyl (C=O) groups excluding carboxylic acids is 1. The van der Waals surface area contributed by atoms with Crippen molar-refractivity contribution in [1.29, 1.82) is 0 Å². The number of anilines is 1. The smallest absolute Gasteiger partial charge is 0.304 e. The molecule has 254 valence electrons. The summed E-state index contributed by atoms with van der Waals surface area (Å²) in [4.78, 5) is 23.2. The number of methoxy groups -OCH3 is 1. The van der Waals surface area contributed by atoms with E-state index in [1.807, 2.05) is 0 Å². The fraction of sp³-hybridized carbons (Fsp3) is 0.606. The van der Waals surface area contributed by atoms with Crippen LogP contribution in [0.5, 0.6) is 0 Å². The lowest BCUT2D eigenvalue weighted by Gasteiger charge is -2.39. The van der Waals surface area contributed by atoms with Crippen molar-refractivity contribution < 1.29 is 27.1 Å². The van der Waals surface area contributed by atoms with E-state index in [9.17, 15) is 17.6 Å².